The van der Waals surface area contributed by atoms with E-state index in [1.165, 1.54) is 6.07 Å². The van der Waals surface area contributed by atoms with Crippen LogP contribution in [0.1, 0.15) is 22.3 Å². The number of primary amides is 1. The number of hydrogen-bond donors (Lipinski definition) is 2. The first-order valence-electron chi connectivity index (χ1n) is 4.19. The predicted molar refractivity (Wildman–Crippen MR) is 51.0 cm³/mol. The van der Waals surface area contributed by atoms with Crippen LogP contribution in [0, 0.1) is 0 Å². The Bertz CT molecular complexity index is 360. The molecule has 1 amide bonds. The van der Waals surface area contributed by atoms with E-state index in [-0.39, 0.29) is 23.6 Å². The largest absolute Gasteiger partial charge is 0.507 e. The number of hydrogen-bond acceptors (Lipinski definition) is 3. The van der Waals surface area contributed by atoms with Crippen molar-refractivity contribution >= 4 is 12.2 Å². The van der Waals surface area contributed by atoms with Crippen molar-refractivity contribution < 1.29 is 14.7 Å². The molecule has 0 radical (unpaired) electrons. The number of aldehydes is 1. The average Bonchev–Trinajstić information content (AvgIpc) is 2.16. The summed E-state index contributed by atoms with van der Waals surface area (Å²) in [5, 5.41) is 9.19. The van der Waals surface area contributed by atoms with Gasteiger partial charge in [-0.05, 0) is 24.1 Å². The Labute approximate surface area is 81.3 Å². The highest BCUT2D eigenvalue weighted by molar-refractivity contribution is 5.79. The molecule has 0 heterocycles. The Morgan fingerprint density at radius 1 is 1.50 bits per heavy atom. The number of carbonyl (C=O) groups excluding carboxylic acids is 2. The van der Waals surface area contributed by atoms with E-state index in [9.17, 15) is 14.7 Å². The lowest BCUT2D eigenvalue weighted by Crippen LogP contribution is -2.11. The Morgan fingerprint density at radius 3 is 2.79 bits per heavy atom. The van der Waals surface area contributed by atoms with Crippen LogP contribution in [0.2, 0.25) is 0 Å². The monoisotopic (exact) mass is 193 g/mol. The number of aromatic hydroxyl groups is 1. The van der Waals surface area contributed by atoms with Crippen LogP contribution in [0.5, 0.6) is 5.75 Å². The van der Waals surface area contributed by atoms with Gasteiger partial charge >= 0.3 is 0 Å². The van der Waals surface area contributed by atoms with Crippen LogP contribution in [-0.2, 0) is 11.2 Å². The van der Waals surface area contributed by atoms with Crippen LogP contribution in [0.3, 0.4) is 0 Å². The second-order valence-electron chi connectivity index (χ2n) is 2.98. The number of rotatable bonds is 4. The SMILES string of the molecule is NC(=O)CCc1ccc(O)c(C=O)c1. The zero-order valence-electron chi connectivity index (χ0n) is 7.56. The van der Waals surface area contributed by atoms with Crippen molar-refractivity contribution in [2.75, 3.05) is 0 Å². The van der Waals surface area contributed by atoms with E-state index in [2.05, 4.69) is 0 Å². The van der Waals surface area contributed by atoms with Gasteiger partial charge in [-0.3, -0.25) is 9.59 Å². The zero-order chi connectivity index (χ0) is 10.6. The third-order valence-corrected chi connectivity index (χ3v) is 1.88. The summed E-state index contributed by atoms with van der Waals surface area (Å²) in [6.07, 6.45) is 1.29. The molecule has 0 aliphatic rings. The van der Waals surface area contributed by atoms with Crippen molar-refractivity contribution in [3.63, 3.8) is 0 Å². The summed E-state index contributed by atoms with van der Waals surface area (Å²) in [4.78, 5) is 21.0. The summed E-state index contributed by atoms with van der Waals surface area (Å²) in [6.45, 7) is 0. The van der Waals surface area contributed by atoms with Crippen molar-refractivity contribution in [3.8, 4) is 5.75 Å². The lowest BCUT2D eigenvalue weighted by molar-refractivity contribution is -0.117. The van der Waals surface area contributed by atoms with Gasteiger partial charge in [-0.15, -0.1) is 0 Å². The van der Waals surface area contributed by atoms with E-state index in [1.807, 2.05) is 0 Å². The Morgan fingerprint density at radius 2 is 2.21 bits per heavy atom. The highest BCUT2D eigenvalue weighted by Crippen LogP contribution is 2.17. The topological polar surface area (TPSA) is 80.4 Å². The summed E-state index contributed by atoms with van der Waals surface area (Å²) in [7, 11) is 0. The lowest BCUT2D eigenvalue weighted by atomic mass is 10.1. The smallest absolute Gasteiger partial charge is 0.217 e. The molecule has 3 N–H and O–H groups in total. The number of nitrogens with two attached hydrogens (primary N) is 1. The summed E-state index contributed by atoms with van der Waals surface area (Å²) < 4.78 is 0. The Hall–Kier alpha value is -1.84. The number of carbonyl (C=O) groups is 2. The normalized spacial score (nSPS) is 9.71. The molecular formula is C10H11NO3. The summed E-state index contributed by atoms with van der Waals surface area (Å²) in [5.41, 5.74) is 6.02. The fourth-order valence-corrected chi connectivity index (χ4v) is 1.12. The standard InChI is InChI=1S/C10H11NO3/c11-10(14)4-2-7-1-3-9(13)8(5-7)6-12/h1,3,5-6,13H,2,4H2,(H2,11,14). The van der Waals surface area contributed by atoms with Gasteiger partial charge in [0.2, 0.25) is 5.91 Å². The molecule has 0 aliphatic heterocycles. The van der Waals surface area contributed by atoms with Gasteiger partial charge in [0.05, 0.1) is 5.56 Å². The molecule has 1 aromatic carbocycles. The van der Waals surface area contributed by atoms with Crippen molar-refractivity contribution in [3.05, 3.63) is 29.3 Å². The highest BCUT2D eigenvalue weighted by Gasteiger charge is 2.02. The number of amides is 1. The van der Waals surface area contributed by atoms with Gasteiger partial charge in [0.15, 0.2) is 6.29 Å². The molecule has 0 bridgehead atoms. The maximum absolute atomic E-state index is 10.5. The van der Waals surface area contributed by atoms with Crippen LogP contribution in [0.15, 0.2) is 18.2 Å². The van der Waals surface area contributed by atoms with Crippen molar-refractivity contribution in [2.45, 2.75) is 12.8 Å². The van der Waals surface area contributed by atoms with Gasteiger partial charge in [-0.25, -0.2) is 0 Å². The van der Waals surface area contributed by atoms with Crippen molar-refractivity contribution in [2.24, 2.45) is 5.73 Å². The van der Waals surface area contributed by atoms with E-state index in [1.54, 1.807) is 12.1 Å². The molecule has 0 aromatic heterocycles. The minimum atomic E-state index is -0.384. The molecule has 1 rings (SSSR count). The first-order chi connectivity index (χ1) is 6.63. The highest BCUT2D eigenvalue weighted by atomic mass is 16.3. The van der Waals surface area contributed by atoms with E-state index >= 15 is 0 Å². The van der Waals surface area contributed by atoms with Crippen molar-refractivity contribution in [1.29, 1.82) is 0 Å². The van der Waals surface area contributed by atoms with Crippen LogP contribution < -0.4 is 5.73 Å². The van der Waals surface area contributed by atoms with Gasteiger partial charge in [0.1, 0.15) is 5.75 Å². The Balaban J connectivity index is 2.79. The molecular weight excluding hydrogens is 182 g/mol. The molecule has 0 fully saturated rings. The number of aryl methyl sites for hydroxylation is 1. The van der Waals surface area contributed by atoms with Gasteiger partial charge in [0.25, 0.3) is 0 Å². The number of benzene rings is 1. The second-order valence-corrected chi connectivity index (χ2v) is 2.98. The molecule has 0 spiro atoms. The number of phenolic OH excluding ortho intramolecular Hbond substituents is 1. The third-order valence-electron chi connectivity index (χ3n) is 1.88. The van der Waals surface area contributed by atoms with Crippen LogP contribution in [0.25, 0.3) is 0 Å². The van der Waals surface area contributed by atoms with Crippen LogP contribution in [0.4, 0.5) is 0 Å². The molecule has 14 heavy (non-hydrogen) atoms. The fourth-order valence-electron chi connectivity index (χ4n) is 1.12. The molecule has 0 atom stereocenters. The zero-order valence-corrected chi connectivity index (χ0v) is 7.56. The summed E-state index contributed by atoms with van der Waals surface area (Å²) in [5.74, 6) is -0.437. The molecule has 1 aromatic rings. The van der Waals surface area contributed by atoms with Crippen LogP contribution >= 0.6 is 0 Å². The average molecular weight is 193 g/mol. The van der Waals surface area contributed by atoms with Gasteiger partial charge < -0.3 is 10.8 Å². The van der Waals surface area contributed by atoms with E-state index in [0.29, 0.717) is 12.7 Å². The summed E-state index contributed by atoms with van der Waals surface area (Å²) >= 11 is 0. The minimum absolute atomic E-state index is 0.0529. The fraction of sp³-hybridized carbons (Fsp3) is 0.200. The molecule has 0 unspecified atom stereocenters. The van der Waals surface area contributed by atoms with Crippen LogP contribution in [-0.4, -0.2) is 17.3 Å². The molecule has 4 nitrogen and oxygen atoms in total. The van der Waals surface area contributed by atoms with E-state index in [0.717, 1.165) is 5.56 Å². The predicted octanol–water partition coefficient (Wildman–Crippen LogP) is 0.623. The van der Waals surface area contributed by atoms with Gasteiger partial charge in [-0.1, -0.05) is 6.07 Å². The molecule has 4 heteroatoms. The summed E-state index contributed by atoms with van der Waals surface area (Å²) in [6, 6.07) is 4.64. The maximum Gasteiger partial charge on any atom is 0.217 e. The first-order valence-corrected chi connectivity index (χ1v) is 4.19. The van der Waals surface area contributed by atoms with Gasteiger partial charge in [0, 0.05) is 6.42 Å². The number of phenols is 1. The quantitative estimate of drug-likeness (QED) is 0.688. The van der Waals surface area contributed by atoms with E-state index < -0.39 is 0 Å². The Kier molecular flexibility index (Phi) is 3.23. The second kappa shape index (κ2) is 4.41. The third kappa shape index (κ3) is 2.58. The lowest BCUT2D eigenvalue weighted by Gasteiger charge is -2.01. The van der Waals surface area contributed by atoms with Gasteiger partial charge in [-0.2, -0.15) is 0 Å². The maximum atomic E-state index is 10.5. The molecule has 0 saturated heterocycles. The van der Waals surface area contributed by atoms with E-state index in [4.69, 9.17) is 5.73 Å². The molecule has 0 aliphatic carbocycles. The molecule has 74 valence electrons. The molecule has 0 saturated carbocycles. The first kappa shape index (κ1) is 10.2. The minimum Gasteiger partial charge on any atom is -0.507 e. The van der Waals surface area contributed by atoms with Crippen molar-refractivity contribution in [1.82, 2.24) is 0 Å².